The van der Waals surface area contributed by atoms with Gasteiger partial charge in [0, 0.05) is 31.7 Å². The highest BCUT2D eigenvalue weighted by atomic mass is 16.8. The summed E-state index contributed by atoms with van der Waals surface area (Å²) in [6.45, 7) is 7.14. The number of unbranched alkanes of at least 4 members (excludes halogenated alkanes) is 3. The van der Waals surface area contributed by atoms with Crippen molar-refractivity contribution in [2.75, 3.05) is 26.4 Å². The maximum Gasteiger partial charge on any atom is 0.407 e. The lowest BCUT2D eigenvalue weighted by molar-refractivity contribution is -0.333. The SMILES string of the molecule is CCCCC[C@H]1O[C@H](O[C@H]2[C@H](O[C@@H]3O[C@H](CO)[C@@H](O[C@H]4O[C@H]5CCC(c6ccccc6)O[C@H]5[C@H](OC5CCCCO5)[C@H]4NC(=O)OCc4ccccc4)[C@H]3O)[C@@H](O)[C@H](N)C[C@@H]2C)[C@H](NC(=O)OCc2ccccc2)C[C@@H]1C.C[C@H]1C[C@@H](N)[C@H](O)[C@@H](O[C@@H]2O[C@H](CO)[C@@H](O[C@H]3O[C@H]4CCC(c5ccccc5)O[C@H]4[C@H](O)[C@H]3NC(=O)OCc3ccccc3)[C@H]2O)[C@@H]1O[C@H]1O[C@H](CCCCO)[C@@H](O)C[C@H]1NC(=O)OCc1ccccc1. The molecule has 9 aliphatic heterocycles. The van der Waals surface area contributed by atoms with Crippen molar-refractivity contribution in [2.24, 2.45) is 29.2 Å². The largest absolute Gasteiger partial charge is 0.445 e. The third-order valence-corrected chi connectivity index (χ3v) is 30.0. The van der Waals surface area contributed by atoms with Crippen molar-refractivity contribution in [2.45, 2.75) is 390 Å². The number of benzene rings is 6. The molecule has 17 N–H and O–H groups in total. The van der Waals surface area contributed by atoms with Crippen LogP contribution >= 0.6 is 0 Å². The van der Waals surface area contributed by atoms with Crippen molar-refractivity contribution in [3.05, 3.63) is 215 Å². The topological polar surface area (TPSA) is 535 Å². The smallest absolute Gasteiger partial charge is 0.407 e. The summed E-state index contributed by atoms with van der Waals surface area (Å²) in [6.07, 6.45) is -24.0. The molecule has 0 radical (unpaired) electrons. The zero-order valence-electron chi connectivity index (χ0n) is 84.2. The molecule has 0 spiro atoms. The van der Waals surface area contributed by atoms with Crippen LogP contribution in [-0.4, -0.2) is 305 Å². The van der Waals surface area contributed by atoms with Crippen LogP contribution in [-0.2, 0) is 121 Å². The lowest BCUT2D eigenvalue weighted by Gasteiger charge is -2.50. The lowest BCUT2D eigenvalue weighted by Crippen LogP contribution is -2.68. The molecule has 6 aromatic rings. The van der Waals surface area contributed by atoms with Gasteiger partial charge >= 0.3 is 24.4 Å². The van der Waals surface area contributed by atoms with E-state index >= 15 is 0 Å². The maximum atomic E-state index is 13.9. The number of rotatable bonds is 38. The molecule has 17 rings (SSSR count). The van der Waals surface area contributed by atoms with Gasteiger partial charge in [0.15, 0.2) is 44.0 Å². The molecule has 39 nitrogen and oxygen atoms in total. The number of amides is 4. The highest BCUT2D eigenvalue weighted by Crippen LogP contribution is 2.47. The molecule has 814 valence electrons. The zero-order valence-corrected chi connectivity index (χ0v) is 84.2. The number of hydrogen-bond acceptors (Lipinski definition) is 35. The van der Waals surface area contributed by atoms with E-state index in [0.29, 0.717) is 70.8 Å². The van der Waals surface area contributed by atoms with E-state index in [1.807, 2.05) is 172 Å². The summed E-state index contributed by atoms with van der Waals surface area (Å²) in [5.74, 6) is -0.654. The predicted octanol–water partition coefficient (Wildman–Crippen LogP) is 8.61. The molecule has 148 heavy (non-hydrogen) atoms. The van der Waals surface area contributed by atoms with Crippen molar-refractivity contribution in [3.8, 4) is 0 Å². The Bertz CT molecular complexity index is 4960. The molecule has 2 saturated carbocycles. The third kappa shape index (κ3) is 29.3. The van der Waals surface area contributed by atoms with Gasteiger partial charge in [0.2, 0.25) is 0 Å². The molecule has 2 aliphatic carbocycles. The summed E-state index contributed by atoms with van der Waals surface area (Å²) >= 11 is 0. The van der Waals surface area contributed by atoms with Crippen molar-refractivity contribution in [3.63, 3.8) is 0 Å². The quantitative estimate of drug-likeness (QED) is 0.0127. The van der Waals surface area contributed by atoms with Crippen molar-refractivity contribution >= 4 is 24.4 Å². The Balaban J connectivity index is 0.000000212. The van der Waals surface area contributed by atoms with E-state index in [2.05, 4.69) is 35.1 Å². The molecule has 11 fully saturated rings. The van der Waals surface area contributed by atoms with Gasteiger partial charge < -0.3 is 173 Å². The average Bonchev–Trinajstić information content (AvgIpc) is 1.39. The first-order chi connectivity index (χ1) is 71.8. The van der Waals surface area contributed by atoms with Crippen LogP contribution in [0.5, 0.6) is 0 Å². The van der Waals surface area contributed by atoms with Crippen molar-refractivity contribution in [1.82, 2.24) is 21.3 Å². The molecule has 6 aromatic carbocycles. The lowest BCUT2D eigenvalue weighted by atomic mass is 9.80. The van der Waals surface area contributed by atoms with E-state index in [1.54, 1.807) is 24.3 Å². The summed E-state index contributed by atoms with van der Waals surface area (Å²) in [7, 11) is 0. The molecule has 0 bridgehead atoms. The Hall–Kier alpha value is -8.68. The van der Waals surface area contributed by atoms with Crippen LogP contribution in [0.2, 0.25) is 0 Å². The Kier molecular flexibility index (Phi) is 41.4. The van der Waals surface area contributed by atoms with Gasteiger partial charge in [-0.2, -0.15) is 0 Å². The second kappa shape index (κ2) is 54.7. The molecule has 4 amide bonds. The molecular weight excluding hydrogens is 1920 g/mol. The van der Waals surface area contributed by atoms with Gasteiger partial charge in [-0.15, -0.1) is 0 Å². The second-order valence-corrected chi connectivity index (χ2v) is 40.8. The van der Waals surface area contributed by atoms with Gasteiger partial charge in [-0.3, -0.25) is 0 Å². The number of hydrogen-bond donors (Lipinski definition) is 15. The zero-order chi connectivity index (χ0) is 104. The molecule has 39 atom stereocenters. The van der Waals surface area contributed by atoms with Crippen molar-refractivity contribution in [1.29, 1.82) is 0 Å². The molecule has 9 heterocycles. The van der Waals surface area contributed by atoms with Crippen molar-refractivity contribution < 1.29 is 160 Å². The fourth-order valence-electron chi connectivity index (χ4n) is 21.9. The highest BCUT2D eigenvalue weighted by Gasteiger charge is 2.60. The van der Waals surface area contributed by atoms with E-state index < -0.39 is 246 Å². The predicted molar refractivity (Wildman–Crippen MR) is 528 cm³/mol. The molecule has 0 aromatic heterocycles. The standard InChI is InChI=1S/C58H81N3O16.C51H69N3O17/c1-4-5-9-24-41-34(2)30-40(60-57(65)68-32-36-18-10-6-11-19-36)54(71-41)75-49-35(3)29-39(59)47(63)53(49)77-56-48(64)50(44(31-62)73-56)76-55-46(61-58(66)69-33-37-20-12-7-13-21-37)52(74-45-25-16-17-28-67-45)51-43(72-55)27-26-42(70-51)38-22-14-8-15-23-38;1-28-23-32(52)40(58)46(43(28)69-47-33(24-34(57)36(66-47)19-11-12-22-55)53-50(61)63-26-29-13-5-2-6-14-29)71-49-42(60)45(38(25-56)68-49)70-48-39(54-51(62)64-27-30-15-7-3-8-16-30)41(59)44-37(67-48)21-20-35(65-44)31-17-9-4-10-18-31/h6-8,10-15,18-23,34-35,39-56,62-64H,4-5,9,16-17,24-33,59H2,1-3H3,(H,60,65)(H,61,66);2-10,13-18,28,32-49,55-60H,11-12,19-27,52H2,1H3,(H,53,61)(H,54,62)/t34-,35-,39+,40+,41+,42?,43-,44+,45?,46+,47-,48+,49+,50+,51+,52+,53+,54+,55+,56-;28-,32+,33+,34-,35?,36+,37-,38+,39+,40-,41+,42+,43+,44+,45+,46+,47+,48+,49-/m00/s1. The number of carbonyl (C=O) groups excluding carboxylic acids is 4. The molecule has 3 unspecified atom stereocenters. The normalized spacial score (nSPS) is 37.2. The van der Waals surface area contributed by atoms with E-state index in [1.165, 1.54) is 0 Å². The van der Waals surface area contributed by atoms with E-state index in [0.717, 1.165) is 71.9 Å². The van der Waals surface area contributed by atoms with Crippen LogP contribution in [0.4, 0.5) is 19.2 Å². The first-order valence-electron chi connectivity index (χ1n) is 52.7. The summed E-state index contributed by atoms with van der Waals surface area (Å²) in [4.78, 5) is 53.9. The van der Waals surface area contributed by atoms with Crippen LogP contribution in [0.3, 0.4) is 0 Å². The number of nitrogens with two attached hydrogens (primary N) is 2. The first-order valence-corrected chi connectivity index (χ1v) is 52.7. The fourth-order valence-corrected chi connectivity index (χ4v) is 21.9. The van der Waals surface area contributed by atoms with Crippen LogP contribution in [0.1, 0.15) is 189 Å². The number of aliphatic hydroxyl groups excluding tert-OH is 9. The van der Waals surface area contributed by atoms with Gasteiger partial charge in [0.25, 0.3) is 0 Å². The van der Waals surface area contributed by atoms with Gasteiger partial charge in [0.1, 0.15) is 112 Å². The van der Waals surface area contributed by atoms with Crippen LogP contribution in [0, 0.1) is 17.8 Å². The first kappa shape index (κ1) is 112. The minimum Gasteiger partial charge on any atom is -0.445 e. The van der Waals surface area contributed by atoms with Crippen LogP contribution < -0.4 is 32.7 Å². The van der Waals surface area contributed by atoms with Crippen LogP contribution in [0.25, 0.3) is 0 Å². The number of ether oxygens (including phenoxy) is 20. The number of alkyl carbamates (subject to hydrolysis) is 4. The Morgan fingerprint density at radius 2 is 0.743 bits per heavy atom. The van der Waals surface area contributed by atoms with Gasteiger partial charge in [-0.1, -0.05) is 229 Å². The third-order valence-electron chi connectivity index (χ3n) is 30.0. The Labute approximate surface area is 862 Å². The molecule has 11 aliphatic rings. The van der Waals surface area contributed by atoms with Gasteiger partial charge in [-0.25, -0.2) is 19.2 Å². The second-order valence-electron chi connectivity index (χ2n) is 40.8. The fraction of sp³-hybridized carbons (Fsp3) is 0.633. The minimum atomic E-state index is -1.66. The highest BCUT2D eigenvalue weighted by molar-refractivity contribution is 5.69. The Morgan fingerprint density at radius 3 is 1.19 bits per heavy atom. The van der Waals surface area contributed by atoms with Crippen LogP contribution in [0.15, 0.2) is 182 Å². The van der Waals surface area contributed by atoms with E-state index in [-0.39, 0.29) is 76.0 Å². The monoisotopic (exact) mass is 2070 g/mol. The molecule has 39 heteroatoms. The van der Waals surface area contributed by atoms with E-state index in [4.69, 9.17) is 106 Å². The number of fused-ring (bicyclic) bond motifs is 2. The van der Waals surface area contributed by atoms with E-state index in [9.17, 15) is 65.1 Å². The summed E-state index contributed by atoms with van der Waals surface area (Å²) in [6, 6.07) is 50.7. The van der Waals surface area contributed by atoms with Gasteiger partial charge in [0.05, 0.1) is 92.4 Å². The maximum absolute atomic E-state index is 13.9. The average molecular weight is 2070 g/mol. The number of nitrogens with one attached hydrogen (secondary N) is 4. The minimum absolute atomic E-state index is 0.0162. The summed E-state index contributed by atoms with van der Waals surface area (Å²) in [5, 5.41) is 113. The molecule has 9 saturated heterocycles. The Morgan fingerprint density at radius 1 is 0.351 bits per heavy atom. The van der Waals surface area contributed by atoms with Gasteiger partial charge in [-0.05, 0) is 141 Å². The summed E-state index contributed by atoms with van der Waals surface area (Å²) < 4.78 is 127. The summed E-state index contributed by atoms with van der Waals surface area (Å²) in [5.41, 5.74) is 18.0. The molecular formula is C109H150N6O33. The number of carbonyl (C=O) groups is 4. The number of aliphatic hydroxyl groups is 9.